The smallest absolute Gasteiger partial charge is 0.184 e. The third-order valence-corrected chi connectivity index (χ3v) is 4.50. The van der Waals surface area contributed by atoms with Gasteiger partial charge < -0.3 is 0 Å². The molecular weight excluding hydrogens is 248 g/mol. The Morgan fingerprint density at radius 2 is 2.06 bits per heavy atom. The minimum Gasteiger partial charge on any atom is -0.278 e. The van der Waals surface area contributed by atoms with Gasteiger partial charge >= 0.3 is 0 Å². The summed E-state index contributed by atoms with van der Waals surface area (Å²) in [5, 5.41) is 9.09. The van der Waals surface area contributed by atoms with Gasteiger partial charge in [0.15, 0.2) is 16.0 Å². The summed E-state index contributed by atoms with van der Waals surface area (Å²) in [4.78, 5) is 1.42. The maximum atomic E-state index is 11.4. The molecule has 0 aliphatic heterocycles. The molecule has 0 aromatic heterocycles. The quantitative estimate of drug-likeness (QED) is 0.583. The van der Waals surface area contributed by atoms with E-state index in [1.54, 1.807) is 6.92 Å². The van der Waals surface area contributed by atoms with Crippen LogP contribution in [0.3, 0.4) is 0 Å². The van der Waals surface area contributed by atoms with Gasteiger partial charge in [-0.05, 0) is 24.1 Å². The number of hydrogen-bond acceptors (Lipinski definition) is 4. The molecule has 0 heterocycles. The van der Waals surface area contributed by atoms with Crippen molar-refractivity contribution in [1.29, 1.82) is 5.26 Å². The van der Waals surface area contributed by atoms with Gasteiger partial charge in [0.05, 0.1) is 11.4 Å². The molecule has 0 aliphatic rings. The monoisotopic (exact) mass is 266 g/mol. The SMILES string of the molecule is CCc1cccc(N(C#N)CCS(=O)(=O)CC)c1. The first-order valence-electron chi connectivity index (χ1n) is 5.99. The standard InChI is InChI=1S/C13H18N2O2S/c1-3-12-6-5-7-13(10-12)15(11-14)8-9-18(16,17)4-2/h5-7,10H,3-4,8-9H2,1-2H3. The summed E-state index contributed by atoms with van der Waals surface area (Å²) >= 11 is 0. The molecule has 0 radical (unpaired) electrons. The van der Waals surface area contributed by atoms with Gasteiger partial charge in [0.1, 0.15) is 0 Å². The zero-order valence-corrected chi connectivity index (χ0v) is 11.6. The molecular formula is C13H18N2O2S. The van der Waals surface area contributed by atoms with E-state index in [-0.39, 0.29) is 18.1 Å². The predicted molar refractivity (Wildman–Crippen MR) is 73.1 cm³/mol. The lowest BCUT2D eigenvalue weighted by molar-refractivity contribution is 0.597. The average molecular weight is 266 g/mol. The number of anilines is 1. The van der Waals surface area contributed by atoms with Crippen LogP contribution in [0.25, 0.3) is 0 Å². The predicted octanol–water partition coefficient (Wildman–Crippen LogP) is 1.97. The van der Waals surface area contributed by atoms with Gasteiger partial charge in [-0.1, -0.05) is 26.0 Å². The van der Waals surface area contributed by atoms with Crippen molar-refractivity contribution in [2.45, 2.75) is 20.3 Å². The number of rotatable bonds is 6. The van der Waals surface area contributed by atoms with Crippen molar-refractivity contribution in [1.82, 2.24) is 0 Å². The Hall–Kier alpha value is -1.54. The number of nitrogens with zero attached hydrogens (tertiary/aromatic N) is 2. The maximum absolute atomic E-state index is 11.4. The third-order valence-electron chi connectivity index (χ3n) is 2.82. The van der Waals surface area contributed by atoms with Gasteiger partial charge in [-0.15, -0.1) is 0 Å². The molecule has 18 heavy (non-hydrogen) atoms. The Morgan fingerprint density at radius 3 is 2.61 bits per heavy atom. The highest BCUT2D eigenvalue weighted by atomic mass is 32.2. The lowest BCUT2D eigenvalue weighted by Gasteiger charge is -2.16. The fourth-order valence-corrected chi connectivity index (χ4v) is 2.31. The van der Waals surface area contributed by atoms with Crippen LogP contribution >= 0.6 is 0 Å². The zero-order chi connectivity index (χ0) is 13.6. The van der Waals surface area contributed by atoms with E-state index in [0.29, 0.717) is 0 Å². The number of sulfone groups is 1. The first-order chi connectivity index (χ1) is 8.52. The minimum atomic E-state index is -3.04. The number of benzene rings is 1. The molecule has 1 aromatic rings. The number of hydrogen-bond donors (Lipinski definition) is 0. The molecule has 4 nitrogen and oxygen atoms in total. The first kappa shape index (κ1) is 14.5. The molecule has 0 atom stereocenters. The molecule has 0 bridgehead atoms. The van der Waals surface area contributed by atoms with Crippen molar-refractivity contribution in [3.8, 4) is 6.19 Å². The number of aryl methyl sites for hydroxylation is 1. The van der Waals surface area contributed by atoms with E-state index in [0.717, 1.165) is 17.7 Å². The van der Waals surface area contributed by atoms with Crippen LogP contribution in [0.15, 0.2) is 24.3 Å². The van der Waals surface area contributed by atoms with E-state index < -0.39 is 9.84 Å². The summed E-state index contributed by atoms with van der Waals surface area (Å²) in [5.41, 5.74) is 1.88. The van der Waals surface area contributed by atoms with E-state index in [1.165, 1.54) is 4.90 Å². The molecule has 0 N–H and O–H groups in total. The molecule has 0 amide bonds. The van der Waals surface area contributed by atoms with Crippen LogP contribution in [-0.2, 0) is 16.3 Å². The summed E-state index contributed by atoms with van der Waals surface area (Å²) in [6.45, 7) is 3.86. The van der Waals surface area contributed by atoms with Gasteiger partial charge in [-0.3, -0.25) is 4.90 Å². The Labute approximate surface area is 109 Å². The average Bonchev–Trinajstić information content (AvgIpc) is 2.39. The Kier molecular flexibility index (Phi) is 5.17. The minimum absolute atomic E-state index is 0.00735. The fourth-order valence-electron chi connectivity index (χ4n) is 1.56. The third kappa shape index (κ3) is 4.04. The van der Waals surface area contributed by atoms with Gasteiger partial charge in [-0.25, -0.2) is 8.42 Å². The molecule has 0 aliphatic carbocycles. The Morgan fingerprint density at radius 1 is 1.33 bits per heavy atom. The van der Waals surface area contributed by atoms with Crippen molar-refractivity contribution in [3.63, 3.8) is 0 Å². The summed E-state index contributed by atoms with van der Waals surface area (Å²) in [6.07, 6.45) is 2.92. The molecule has 0 unspecified atom stereocenters. The highest BCUT2D eigenvalue weighted by Crippen LogP contribution is 2.16. The van der Waals surface area contributed by atoms with Gasteiger partial charge in [0, 0.05) is 12.3 Å². The van der Waals surface area contributed by atoms with E-state index in [1.807, 2.05) is 37.4 Å². The molecule has 0 saturated heterocycles. The van der Waals surface area contributed by atoms with Crippen LogP contribution in [-0.4, -0.2) is 26.5 Å². The van der Waals surface area contributed by atoms with E-state index in [9.17, 15) is 8.42 Å². The largest absolute Gasteiger partial charge is 0.278 e. The van der Waals surface area contributed by atoms with Crippen molar-refractivity contribution in [3.05, 3.63) is 29.8 Å². The highest BCUT2D eigenvalue weighted by molar-refractivity contribution is 7.91. The van der Waals surface area contributed by atoms with E-state index >= 15 is 0 Å². The van der Waals surface area contributed by atoms with Gasteiger partial charge in [-0.2, -0.15) is 5.26 Å². The van der Waals surface area contributed by atoms with Gasteiger partial charge in [0.25, 0.3) is 0 Å². The van der Waals surface area contributed by atoms with E-state index in [4.69, 9.17) is 5.26 Å². The van der Waals surface area contributed by atoms with Crippen LogP contribution in [0, 0.1) is 11.5 Å². The Bertz CT molecular complexity index is 532. The molecule has 0 fully saturated rings. The molecule has 0 saturated carbocycles. The lowest BCUT2D eigenvalue weighted by Crippen LogP contribution is -2.25. The lowest BCUT2D eigenvalue weighted by atomic mass is 10.1. The molecule has 0 spiro atoms. The second kappa shape index (κ2) is 6.41. The van der Waals surface area contributed by atoms with E-state index in [2.05, 4.69) is 0 Å². The molecule has 1 rings (SSSR count). The maximum Gasteiger partial charge on any atom is 0.184 e. The van der Waals surface area contributed by atoms with Crippen molar-refractivity contribution in [2.75, 3.05) is 23.0 Å². The van der Waals surface area contributed by atoms with Gasteiger partial charge in [0.2, 0.25) is 0 Å². The summed E-state index contributed by atoms with van der Waals surface area (Å²) in [6, 6.07) is 7.61. The van der Waals surface area contributed by atoms with Crippen molar-refractivity contribution in [2.24, 2.45) is 0 Å². The second-order valence-corrected chi connectivity index (χ2v) is 6.48. The summed E-state index contributed by atoms with van der Waals surface area (Å²) in [5.74, 6) is 0.120. The van der Waals surface area contributed by atoms with Crippen molar-refractivity contribution < 1.29 is 8.42 Å². The van der Waals surface area contributed by atoms with Crippen molar-refractivity contribution >= 4 is 15.5 Å². The van der Waals surface area contributed by atoms with Crippen LogP contribution in [0.2, 0.25) is 0 Å². The zero-order valence-electron chi connectivity index (χ0n) is 10.8. The molecule has 1 aromatic carbocycles. The molecule has 98 valence electrons. The Balaban J connectivity index is 2.81. The fraction of sp³-hybridized carbons (Fsp3) is 0.462. The first-order valence-corrected chi connectivity index (χ1v) is 7.81. The normalized spacial score (nSPS) is 10.9. The second-order valence-electron chi connectivity index (χ2n) is 4.01. The highest BCUT2D eigenvalue weighted by Gasteiger charge is 2.12. The molecule has 5 heteroatoms. The van der Waals surface area contributed by atoms with Crippen LogP contribution in [0.5, 0.6) is 0 Å². The van der Waals surface area contributed by atoms with Crippen LogP contribution in [0.1, 0.15) is 19.4 Å². The van der Waals surface area contributed by atoms with Crippen LogP contribution < -0.4 is 4.90 Å². The summed E-state index contributed by atoms with van der Waals surface area (Å²) < 4.78 is 22.9. The topological polar surface area (TPSA) is 61.2 Å². The summed E-state index contributed by atoms with van der Waals surface area (Å²) in [7, 11) is -3.04. The number of nitriles is 1. The van der Waals surface area contributed by atoms with Crippen LogP contribution in [0.4, 0.5) is 5.69 Å².